The second kappa shape index (κ2) is 10.3. The molecule has 0 aliphatic heterocycles. The van der Waals surface area contributed by atoms with E-state index in [1.54, 1.807) is 28.8 Å². The first-order valence-corrected chi connectivity index (χ1v) is 11.2. The molecule has 3 aromatic rings. The third-order valence-corrected chi connectivity index (χ3v) is 5.37. The van der Waals surface area contributed by atoms with Crippen LogP contribution in [-0.2, 0) is 17.7 Å². The van der Waals surface area contributed by atoms with Gasteiger partial charge in [-0.15, -0.1) is 0 Å². The molecular formula is C26H26Cl2N2O3. The van der Waals surface area contributed by atoms with Gasteiger partial charge in [-0.25, -0.2) is 4.79 Å². The molecule has 0 bridgehead atoms. The van der Waals surface area contributed by atoms with Crippen LogP contribution in [0.15, 0.2) is 59.4 Å². The third kappa shape index (κ3) is 6.73. The molecule has 0 aliphatic carbocycles. The normalized spacial score (nSPS) is 11.7. The summed E-state index contributed by atoms with van der Waals surface area (Å²) < 4.78 is 6.94. The zero-order chi connectivity index (χ0) is 24.2. The number of anilines is 1. The summed E-state index contributed by atoms with van der Waals surface area (Å²) in [7, 11) is 0. The van der Waals surface area contributed by atoms with Crippen molar-refractivity contribution in [1.29, 1.82) is 0 Å². The summed E-state index contributed by atoms with van der Waals surface area (Å²) in [5.41, 5.74) is 8.48. The van der Waals surface area contributed by atoms with E-state index in [0.29, 0.717) is 34.9 Å². The molecule has 5 nitrogen and oxygen atoms in total. The van der Waals surface area contributed by atoms with Gasteiger partial charge in [-0.3, -0.25) is 4.79 Å². The molecule has 0 amide bonds. The van der Waals surface area contributed by atoms with Crippen LogP contribution in [0.25, 0.3) is 12.2 Å². The Bertz CT molecular complexity index is 1240. The molecule has 2 aromatic carbocycles. The van der Waals surface area contributed by atoms with Crippen molar-refractivity contribution in [2.75, 3.05) is 5.73 Å². The summed E-state index contributed by atoms with van der Waals surface area (Å²) in [4.78, 5) is 25.0. The van der Waals surface area contributed by atoms with Crippen molar-refractivity contribution in [3.8, 4) is 0 Å². The van der Waals surface area contributed by atoms with E-state index in [9.17, 15) is 9.59 Å². The number of nitrogen functional groups attached to an aromatic ring is 1. The van der Waals surface area contributed by atoms with Crippen LogP contribution >= 0.6 is 23.2 Å². The number of aromatic nitrogens is 1. The number of hydrogen-bond donors (Lipinski definition) is 1. The van der Waals surface area contributed by atoms with Crippen molar-refractivity contribution >= 4 is 47.0 Å². The highest BCUT2D eigenvalue weighted by Gasteiger charge is 2.17. The molecule has 1 heterocycles. The van der Waals surface area contributed by atoms with Crippen LogP contribution in [0, 0.1) is 0 Å². The highest BCUT2D eigenvalue weighted by atomic mass is 35.5. The number of ether oxygens (including phenoxy) is 1. The quantitative estimate of drug-likeness (QED) is 0.338. The molecule has 0 radical (unpaired) electrons. The molecule has 1 aromatic heterocycles. The number of rotatable bonds is 6. The number of carbonyl (C=O) groups is 1. The molecule has 2 N–H and O–H groups in total. The van der Waals surface area contributed by atoms with E-state index in [0.717, 1.165) is 11.1 Å². The molecular weight excluding hydrogens is 459 g/mol. The van der Waals surface area contributed by atoms with Crippen molar-refractivity contribution in [3.63, 3.8) is 0 Å². The Balaban J connectivity index is 1.82. The Morgan fingerprint density at radius 3 is 2.36 bits per heavy atom. The van der Waals surface area contributed by atoms with Crippen molar-refractivity contribution in [2.24, 2.45) is 0 Å². The summed E-state index contributed by atoms with van der Waals surface area (Å²) in [5.74, 6) is -0.374. The molecule has 0 saturated carbocycles. The fourth-order valence-corrected chi connectivity index (χ4v) is 3.77. The monoisotopic (exact) mass is 484 g/mol. The van der Waals surface area contributed by atoms with Crippen LogP contribution in [0.4, 0.5) is 5.69 Å². The highest BCUT2D eigenvalue weighted by molar-refractivity contribution is 6.35. The van der Waals surface area contributed by atoms with E-state index in [-0.39, 0.29) is 16.6 Å². The van der Waals surface area contributed by atoms with Gasteiger partial charge in [0.05, 0.1) is 16.3 Å². The van der Waals surface area contributed by atoms with Crippen molar-refractivity contribution in [1.82, 2.24) is 4.57 Å². The van der Waals surface area contributed by atoms with E-state index in [2.05, 4.69) is 0 Å². The number of nitrogens with two attached hydrogens (primary N) is 1. The summed E-state index contributed by atoms with van der Waals surface area (Å²) in [5, 5.41) is 0.432. The van der Waals surface area contributed by atoms with Gasteiger partial charge in [0.2, 0.25) is 0 Å². The van der Waals surface area contributed by atoms with Crippen LogP contribution in [-0.4, -0.2) is 16.1 Å². The fourth-order valence-electron chi connectivity index (χ4n) is 3.23. The Morgan fingerprint density at radius 1 is 1.03 bits per heavy atom. The summed E-state index contributed by atoms with van der Waals surface area (Å²) in [6, 6.07) is 16.0. The highest BCUT2D eigenvalue weighted by Crippen LogP contribution is 2.22. The van der Waals surface area contributed by atoms with Gasteiger partial charge < -0.3 is 15.0 Å². The standard InChI is InChI=1S/C26H26Cl2N2O3/c1-26(2,3)33-25(32)19-10-7-17(8-11-19)13-14-30-23(21(27)16-22(28)24(30)31)12-9-18-5-4-6-20(29)15-18/h4-12,15-16H,13-14,29H2,1-3H3. The molecule has 172 valence electrons. The maximum Gasteiger partial charge on any atom is 0.338 e. The number of aryl methyl sites for hydroxylation is 1. The average molecular weight is 485 g/mol. The zero-order valence-corrected chi connectivity index (χ0v) is 20.3. The SMILES string of the molecule is CC(C)(C)OC(=O)c1ccc(CCn2c(C=Cc3cccc(N)c3)c(Cl)cc(Cl)c2=O)cc1. The molecule has 3 rings (SSSR count). The Hall–Kier alpha value is -3.02. The van der Waals surface area contributed by atoms with Crippen LogP contribution < -0.4 is 11.3 Å². The Labute approximate surface area is 203 Å². The predicted molar refractivity (Wildman–Crippen MR) is 136 cm³/mol. The number of halogens is 2. The van der Waals surface area contributed by atoms with Crippen molar-refractivity contribution in [2.45, 2.75) is 39.3 Å². The molecule has 0 spiro atoms. The summed E-state index contributed by atoms with van der Waals surface area (Å²) >= 11 is 12.5. The van der Waals surface area contributed by atoms with Crippen LogP contribution in [0.1, 0.15) is 48.0 Å². The van der Waals surface area contributed by atoms with Gasteiger partial charge in [0.1, 0.15) is 10.6 Å². The van der Waals surface area contributed by atoms with E-state index >= 15 is 0 Å². The Morgan fingerprint density at radius 2 is 1.73 bits per heavy atom. The number of esters is 1. The maximum atomic E-state index is 12.8. The van der Waals surface area contributed by atoms with Gasteiger partial charge >= 0.3 is 5.97 Å². The molecule has 7 heteroatoms. The van der Waals surface area contributed by atoms with Gasteiger partial charge in [-0.05, 0) is 74.7 Å². The van der Waals surface area contributed by atoms with Gasteiger partial charge in [0.15, 0.2) is 0 Å². The predicted octanol–water partition coefficient (Wildman–Crippen LogP) is 6.11. The maximum absolute atomic E-state index is 12.8. The van der Waals surface area contributed by atoms with Crippen LogP contribution in [0.3, 0.4) is 0 Å². The number of carbonyl (C=O) groups excluding carboxylic acids is 1. The van der Waals surface area contributed by atoms with Crippen LogP contribution in [0.2, 0.25) is 10.0 Å². The molecule has 0 saturated heterocycles. The summed E-state index contributed by atoms with van der Waals surface area (Å²) in [6.45, 7) is 5.84. The lowest BCUT2D eigenvalue weighted by Crippen LogP contribution is -2.24. The molecule has 0 atom stereocenters. The molecule has 0 aliphatic rings. The summed E-state index contributed by atoms with van der Waals surface area (Å²) in [6.07, 6.45) is 4.17. The average Bonchev–Trinajstić information content (AvgIpc) is 2.73. The first kappa shape index (κ1) is 24.6. The Kier molecular flexibility index (Phi) is 7.67. The first-order chi connectivity index (χ1) is 15.5. The van der Waals surface area contributed by atoms with E-state index < -0.39 is 5.60 Å². The smallest absolute Gasteiger partial charge is 0.338 e. The number of hydrogen-bond acceptors (Lipinski definition) is 4. The van der Waals surface area contributed by atoms with Gasteiger partial charge in [0, 0.05) is 12.2 Å². The minimum atomic E-state index is -0.557. The lowest BCUT2D eigenvalue weighted by molar-refractivity contribution is 0.00695. The van der Waals surface area contributed by atoms with E-state index in [1.165, 1.54) is 6.07 Å². The number of nitrogens with zero attached hydrogens (tertiary/aromatic N) is 1. The van der Waals surface area contributed by atoms with Gasteiger partial charge in [-0.2, -0.15) is 0 Å². The zero-order valence-electron chi connectivity index (χ0n) is 18.8. The lowest BCUT2D eigenvalue weighted by Gasteiger charge is -2.19. The van der Waals surface area contributed by atoms with E-state index in [1.807, 2.05) is 57.2 Å². The van der Waals surface area contributed by atoms with Crippen LogP contribution in [0.5, 0.6) is 0 Å². The topological polar surface area (TPSA) is 74.3 Å². The second-order valence-electron chi connectivity index (χ2n) is 8.63. The molecule has 0 fully saturated rings. The van der Waals surface area contributed by atoms with Gasteiger partial charge in [-0.1, -0.05) is 53.5 Å². The lowest BCUT2D eigenvalue weighted by atomic mass is 10.1. The third-order valence-electron chi connectivity index (χ3n) is 4.80. The largest absolute Gasteiger partial charge is 0.456 e. The van der Waals surface area contributed by atoms with Crippen molar-refractivity contribution in [3.05, 3.63) is 97.4 Å². The first-order valence-electron chi connectivity index (χ1n) is 10.5. The van der Waals surface area contributed by atoms with Crippen molar-refractivity contribution < 1.29 is 9.53 Å². The minimum absolute atomic E-state index is 0.0568. The van der Waals surface area contributed by atoms with E-state index in [4.69, 9.17) is 33.7 Å². The molecule has 33 heavy (non-hydrogen) atoms. The second-order valence-corrected chi connectivity index (χ2v) is 9.45. The van der Waals surface area contributed by atoms with Gasteiger partial charge in [0.25, 0.3) is 5.56 Å². The number of pyridine rings is 1. The number of benzene rings is 2. The fraction of sp³-hybridized carbons (Fsp3) is 0.231. The minimum Gasteiger partial charge on any atom is -0.456 e. The molecule has 0 unspecified atom stereocenters.